The van der Waals surface area contributed by atoms with E-state index in [1.807, 2.05) is 30.3 Å². The van der Waals surface area contributed by atoms with Crippen molar-refractivity contribution in [3.63, 3.8) is 0 Å². The van der Waals surface area contributed by atoms with Gasteiger partial charge in [0.2, 0.25) is 0 Å². The molecule has 1 heterocycles. The van der Waals surface area contributed by atoms with Crippen LogP contribution in [0.5, 0.6) is 0 Å². The quantitative estimate of drug-likeness (QED) is 0.354. The standard InChI is InChI=1S/C20H21N3O2S2/c1-25-19(24)7-4-12-21-20(26)22-15-10-8-14(9-11-15)13-18-23-16-5-2-3-6-17(16)27-18/h2-3,5-6,8-11H,4,7,12-13H2,1H3,(H2,21,22,26). The molecule has 140 valence electrons. The average Bonchev–Trinajstić information content (AvgIpc) is 3.09. The van der Waals surface area contributed by atoms with Crippen molar-refractivity contribution in [2.75, 3.05) is 19.0 Å². The highest BCUT2D eigenvalue weighted by molar-refractivity contribution is 7.80. The highest BCUT2D eigenvalue weighted by Gasteiger charge is 2.05. The maximum Gasteiger partial charge on any atom is 0.305 e. The van der Waals surface area contributed by atoms with Gasteiger partial charge in [-0.15, -0.1) is 11.3 Å². The molecule has 5 nitrogen and oxygen atoms in total. The van der Waals surface area contributed by atoms with Crippen LogP contribution in [0.25, 0.3) is 10.2 Å². The number of carbonyl (C=O) groups is 1. The number of carbonyl (C=O) groups excluding carboxylic acids is 1. The second kappa shape index (κ2) is 9.43. The van der Waals surface area contributed by atoms with Gasteiger partial charge in [-0.2, -0.15) is 0 Å². The molecule has 3 aromatic rings. The number of hydrogen-bond donors (Lipinski definition) is 2. The van der Waals surface area contributed by atoms with Crippen LogP contribution in [0.1, 0.15) is 23.4 Å². The van der Waals surface area contributed by atoms with Crippen molar-refractivity contribution >= 4 is 50.5 Å². The first-order chi connectivity index (χ1) is 13.1. The monoisotopic (exact) mass is 399 g/mol. The number of thiazole rings is 1. The van der Waals surface area contributed by atoms with E-state index < -0.39 is 0 Å². The summed E-state index contributed by atoms with van der Waals surface area (Å²) in [5, 5.41) is 7.88. The van der Waals surface area contributed by atoms with Crippen LogP contribution in [0.4, 0.5) is 5.69 Å². The zero-order chi connectivity index (χ0) is 19.1. The molecule has 0 aliphatic carbocycles. The molecule has 0 radical (unpaired) electrons. The van der Waals surface area contributed by atoms with Crippen molar-refractivity contribution in [3.8, 4) is 0 Å². The fraction of sp³-hybridized carbons (Fsp3) is 0.250. The Labute approximate surface area is 167 Å². The van der Waals surface area contributed by atoms with Gasteiger partial charge in [0.25, 0.3) is 0 Å². The van der Waals surface area contributed by atoms with E-state index in [0.717, 1.165) is 22.6 Å². The molecule has 1 aromatic heterocycles. The molecule has 0 bridgehead atoms. The van der Waals surface area contributed by atoms with Gasteiger partial charge in [-0.1, -0.05) is 24.3 Å². The number of nitrogens with one attached hydrogen (secondary N) is 2. The van der Waals surface area contributed by atoms with Crippen LogP contribution in [0.3, 0.4) is 0 Å². The lowest BCUT2D eigenvalue weighted by Crippen LogP contribution is -2.29. The Hall–Kier alpha value is -2.51. The number of aromatic nitrogens is 1. The summed E-state index contributed by atoms with van der Waals surface area (Å²) in [6.45, 7) is 0.622. The first-order valence-electron chi connectivity index (χ1n) is 8.69. The van der Waals surface area contributed by atoms with Crippen LogP contribution < -0.4 is 10.6 Å². The van der Waals surface area contributed by atoms with Crippen molar-refractivity contribution in [2.45, 2.75) is 19.3 Å². The molecule has 0 saturated heterocycles. The van der Waals surface area contributed by atoms with E-state index in [0.29, 0.717) is 24.5 Å². The van der Waals surface area contributed by atoms with Gasteiger partial charge in [0, 0.05) is 25.1 Å². The van der Waals surface area contributed by atoms with E-state index in [1.165, 1.54) is 17.4 Å². The SMILES string of the molecule is COC(=O)CCCNC(=S)Nc1ccc(Cc2nc3ccccc3s2)cc1. The lowest BCUT2D eigenvalue weighted by atomic mass is 10.1. The molecular formula is C20H21N3O2S2. The zero-order valence-electron chi connectivity index (χ0n) is 15.0. The molecule has 2 N–H and O–H groups in total. The number of para-hydroxylation sites is 1. The number of benzene rings is 2. The maximum absolute atomic E-state index is 11.1. The van der Waals surface area contributed by atoms with Crippen LogP contribution in [-0.2, 0) is 16.0 Å². The molecule has 0 atom stereocenters. The molecule has 0 aliphatic rings. The van der Waals surface area contributed by atoms with Gasteiger partial charge in [0.15, 0.2) is 5.11 Å². The maximum atomic E-state index is 11.1. The Balaban J connectivity index is 1.48. The van der Waals surface area contributed by atoms with Gasteiger partial charge in [0.1, 0.15) is 0 Å². The molecule has 2 aromatic carbocycles. The molecule has 0 fully saturated rings. The highest BCUT2D eigenvalue weighted by Crippen LogP contribution is 2.24. The van der Waals surface area contributed by atoms with E-state index in [1.54, 1.807) is 11.3 Å². The Morgan fingerprint density at radius 2 is 1.96 bits per heavy atom. The minimum Gasteiger partial charge on any atom is -0.469 e. The number of esters is 1. The molecule has 0 saturated carbocycles. The lowest BCUT2D eigenvalue weighted by Gasteiger charge is -2.10. The van der Waals surface area contributed by atoms with Crippen LogP contribution in [0.15, 0.2) is 48.5 Å². The lowest BCUT2D eigenvalue weighted by molar-refractivity contribution is -0.140. The predicted molar refractivity (Wildman–Crippen MR) is 114 cm³/mol. The molecule has 7 heteroatoms. The highest BCUT2D eigenvalue weighted by atomic mass is 32.1. The van der Waals surface area contributed by atoms with Gasteiger partial charge >= 0.3 is 5.97 Å². The average molecular weight is 400 g/mol. The molecule has 0 spiro atoms. The number of thiocarbonyl (C=S) groups is 1. The molecule has 27 heavy (non-hydrogen) atoms. The van der Waals surface area contributed by atoms with Gasteiger partial charge in [-0.25, -0.2) is 4.98 Å². The van der Waals surface area contributed by atoms with Crippen molar-refractivity contribution in [3.05, 3.63) is 59.1 Å². The topological polar surface area (TPSA) is 63.2 Å². The molecule has 0 aliphatic heterocycles. The summed E-state index contributed by atoms with van der Waals surface area (Å²) in [5.41, 5.74) is 3.18. The van der Waals surface area contributed by atoms with E-state index in [2.05, 4.69) is 38.6 Å². The summed E-state index contributed by atoms with van der Waals surface area (Å²) in [6, 6.07) is 16.4. The second-order valence-corrected chi connectivity index (χ2v) is 7.53. The summed E-state index contributed by atoms with van der Waals surface area (Å²) in [6.07, 6.45) is 1.87. The van der Waals surface area contributed by atoms with Gasteiger partial charge < -0.3 is 15.4 Å². The minimum atomic E-state index is -0.209. The van der Waals surface area contributed by atoms with E-state index >= 15 is 0 Å². The third-order valence-electron chi connectivity index (χ3n) is 3.98. The van der Waals surface area contributed by atoms with Crippen molar-refractivity contribution in [1.82, 2.24) is 10.3 Å². The number of nitrogens with zero attached hydrogens (tertiary/aromatic N) is 1. The Kier molecular flexibility index (Phi) is 6.73. The second-order valence-electron chi connectivity index (χ2n) is 6.01. The van der Waals surface area contributed by atoms with E-state index in [-0.39, 0.29) is 5.97 Å². The normalized spacial score (nSPS) is 10.6. The molecule has 3 rings (SSSR count). The first kappa shape index (κ1) is 19.3. The van der Waals surface area contributed by atoms with E-state index in [4.69, 9.17) is 12.2 Å². The third-order valence-corrected chi connectivity index (χ3v) is 5.26. The molecular weight excluding hydrogens is 378 g/mol. The van der Waals surface area contributed by atoms with E-state index in [9.17, 15) is 4.79 Å². The minimum absolute atomic E-state index is 0.209. The largest absolute Gasteiger partial charge is 0.469 e. The summed E-state index contributed by atoms with van der Waals surface area (Å²) in [4.78, 5) is 15.7. The number of hydrogen-bond acceptors (Lipinski definition) is 5. The summed E-state index contributed by atoms with van der Waals surface area (Å²) >= 11 is 7.00. The molecule has 0 unspecified atom stereocenters. The number of fused-ring (bicyclic) bond motifs is 1. The summed E-state index contributed by atoms with van der Waals surface area (Å²) in [7, 11) is 1.39. The predicted octanol–water partition coefficient (Wildman–Crippen LogP) is 4.13. The fourth-order valence-corrected chi connectivity index (χ4v) is 3.81. The van der Waals surface area contributed by atoms with Gasteiger partial charge in [0.05, 0.1) is 22.3 Å². The van der Waals surface area contributed by atoms with Crippen LogP contribution >= 0.6 is 23.6 Å². The number of anilines is 1. The number of rotatable bonds is 7. The summed E-state index contributed by atoms with van der Waals surface area (Å²) in [5.74, 6) is -0.209. The van der Waals surface area contributed by atoms with Crippen LogP contribution in [0, 0.1) is 0 Å². The molecule has 0 amide bonds. The van der Waals surface area contributed by atoms with Crippen molar-refractivity contribution in [2.24, 2.45) is 0 Å². The third kappa shape index (κ3) is 5.74. The Bertz CT molecular complexity index is 889. The first-order valence-corrected chi connectivity index (χ1v) is 9.91. The Morgan fingerprint density at radius 1 is 1.19 bits per heavy atom. The smallest absolute Gasteiger partial charge is 0.305 e. The van der Waals surface area contributed by atoms with Crippen molar-refractivity contribution < 1.29 is 9.53 Å². The zero-order valence-corrected chi connectivity index (χ0v) is 16.7. The number of ether oxygens (including phenoxy) is 1. The van der Waals surface area contributed by atoms with Gasteiger partial charge in [-0.3, -0.25) is 4.79 Å². The van der Waals surface area contributed by atoms with Crippen LogP contribution in [-0.4, -0.2) is 29.7 Å². The van der Waals surface area contributed by atoms with Crippen LogP contribution in [0.2, 0.25) is 0 Å². The van der Waals surface area contributed by atoms with Crippen molar-refractivity contribution in [1.29, 1.82) is 0 Å². The van der Waals surface area contributed by atoms with Gasteiger partial charge in [-0.05, 0) is 48.5 Å². The number of methoxy groups -OCH3 is 1. The fourth-order valence-electron chi connectivity index (χ4n) is 2.59. The Morgan fingerprint density at radius 3 is 2.70 bits per heavy atom. The summed E-state index contributed by atoms with van der Waals surface area (Å²) < 4.78 is 5.82.